The molecule has 0 saturated heterocycles. The number of rotatable bonds is 11. The van der Waals surface area contributed by atoms with E-state index < -0.39 is 16.0 Å². The largest absolute Gasteiger partial charge is 0.481 e. The van der Waals surface area contributed by atoms with Crippen LogP contribution < -0.4 is 14.8 Å². The molecular weight excluding hydrogens is 552 g/mol. The summed E-state index contributed by atoms with van der Waals surface area (Å²) in [7, 11) is -3.99. The number of nitrogens with zero attached hydrogens (tertiary/aromatic N) is 4. The third kappa shape index (κ3) is 6.81. The lowest BCUT2D eigenvalue weighted by molar-refractivity contribution is -0.136. The summed E-state index contributed by atoms with van der Waals surface area (Å²) in [5, 5.41) is 22.1. The lowest BCUT2D eigenvalue weighted by Crippen LogP contribution is -2.18. The maximum Gasteiger partial charge on any atom is 0.304 e. The second-order valence-electron chi connectivity index (χ2n) is 7.72. The number of carboxylic acids is 1. The molecule has 0 unspecified atom stereocenters. The standard InChI is InChI=1S/C24H19ClN6O5S2/c25-17-1-3-22(20(11-17)15-5-8-28-18(9-15)13-27-7-6-23(32)33)36-21-4-2-19(10-16(21)12-26)38(34,35)31-24-29-14-30-37-24/h1-5,8-11,14,27H,6-7,13H2,(H,32,33)(H,29,30,31). The van der Waals surface area contributed by atoms with Gasteiger partial charge in [-0.2, -0.15) is 9.64 Å². The summed E-state index contributed by atoms with van der Waals surface area (Å²) in [5.74, 6) is -0.365. The monoisotopic (exact) mass is 570 g/mol. The molecule has 0 atom stereocenters. The summed E-state index contributed by atoms with van der Waals surface area (Å²) >= 11 is 7.14. The van der Waals surface area contributed by atoms with E-state index in [9.17, 15) is 18.5 Å². The topological polar surface area (TPSA) is 167 Å². The normalized spacial score (nSPS) is 11.1. The molecule has 0 aliphatic carbocycles. The van der Waals surface area contributed by atoms with Crippen LogP contribution in [0.4, 0.5) is 5.13 Å². The van der Waals surface area contributed by atoms with E-state index in [1.807, 2.05) is 12.1 Å². The van der Waals surface area contributed by atoms with Gasteiger partial charge in [0, 0.05) is 41.4 Å². The predicted molar refractivity (Wildman–Crippen MR) is 141 cm³/mol. The maximum absolute atomic E-state index is 12.7. The Morgan fingerprint density at radius 2 is 1.95 bits per heavy atom. The maximum atomic E-state index is 12.7. The lowest BCUT2D eigenvalue weighted by atomic mass is 10.0. The van der Waals surface area contributed by atoms with Crippen molar-refractivity contribution in [3.05, 3.63) is 77.3 Å². The Hall–Kier alpha value is -4.09. The number of pyridine rings is 1. The van der Waals surface area contributed by atoms with Crippen molar-refractivity contribution in [3.8, 4) is 28.7 Å². The first-order valence-electron chi connectivity index (χ1n) is 10.9. The van der Waals surface area contributed by atoms with Crippen LogP contribution in [0.3, 0.4) is 0 Å². The van der Waals surface area contributed by atoms with Gasteiger partial charge >= 0.3 is 5.97 Å². The number of nitrogens with one attached hydrogen (secondary N) is 2. The Kier molecular flexibility index (Phi) is 8.49. The van der Waals surface area contributed by atoms with E-state index in [2.05, 4.69) is 24.4 Å². The van der Waals surface area contributed by atoms with Gasteiger partial charge in [-0.25, -0.2) is 13.4 Å². The van der Waals surface area contributed by atoms with Crippen LogP contribution in [0.25, 0.3) is 11.1 Å². The van der Waals surface area contributed by atoms with Crippen molar-refractivity contribution in [2.24, 2.45) is 0 Å². The molecule has 0 fully saturated rings. The first kappa shape index (κ1) is 27.0. The highest BCUT2D eigenvalue weighted by molar-refractivity contribution is 7.93. The third-order valence-corrected chi connectivity index (χ3v) is 7.36. The molecule has 2 aromatic heterocycles. The van der Waals surface area contributed by atoms with E-state index in [-0.39, 0.29) is 27.8 Å². The Bertz CT molecular complexity index is 1610. The van der Waals surface area contributed by atoms with Crippen molar-refractivity contribution in [1.82, 2.24) is 19.7 Å². The lowest BCUT2D eigenvalue weighted by Gasteiger charge is -2.14. The molecule has 4 rings (SSSR count). The molecule has 3 N–H and O–H groups in total. The molecule has 0 aliphatic heterocycles. The van der Waals surface area contributed by atoms with Crippen molar-refractivity contribution in [2.75, 3.05) is 11.3 Å². The Labute approximate surface area is 226 Å². The van der Waals surface area contributed by atoms with Crippen molar-refractivity contribution < 1.29 is 23.1 Å². The summed E-state index contributed by atoms with van der Waals surface area (Å²) in [6.45, 7) is 0.656. The Morgan fingerprint density at radius 3 is 2.68 bits per heavy atom. The average Bonchev–Trinajstić information content (AvgIpc) is 3.40. The number of hydrogen-bond acceptors (Lipinski definition) is 10. The minimum absolute atomic E-state index is 0.00378. The number of sulfonamides is 1. The van der Waals surface area contributed by atoms with Gasteiger partial charge in [-0.1, -0.05) is 11.6 Å². The van der Waals surface area contributed by atoms with Crippen molar-refractivity contribution in [2.45, 2.75) is 17.9 Å². The van der Waals surface area contributed by atoms with E-state index in [1.54, 1.807) is 30.5 Å². The Balaban J connectivity index is 1.60. The minimum atomic E-state index is -3.99. The highest BCUT2D eigenvalue weighted by Crippen LogP contribution is 2.37. The molecule has 0 spiro atoms. The van der Waals surface area contributed by atoms with Gasteiger partial charge in [-0.15, -0.1) is 0 Å². The number of anilines is 1. The van der Waals surface area contributed by atoms with Crippen LogP contribution in [0.5, 0.6) is 11.5 Å². The summed E-state index contributed by atoms with van der Waals surface area (Å²) < 4.78 is 37.5. The fraction of sp³-hybridized carbons (Fsp3) is 0.125. The van der Waals surface area contributed by atoms with E-state index in [0.29, 0.717) is 35.1 Å². The minimum Gasteiger partial charge on any atom is -0.481 e. The van der Waals surface area contributed by atoms with Crippen LogP contribution in [0.1, 0.15) is 17.7 Å². The molecule has 0 saturated carbocycles. The highest BCUT2D eigenvalue weighted by atomic mass is 35.5. The number of ether oxygens (including phenoxy) is 1. The molecule has 194 valence electrons. The number of carbonyl (C=O) groups is 1. The zero-order chi connectivity index (χ0) is 27.1. The van der Waals surface area contributed by atoms with Gasteiger partial charge < -0.3 is 15.2 Å². The molecule has 2 aromatic carbocycles. The molecule has 14 heteroatoms. The zero-order valence-electron chi connectivity index (χ0n) is 19.5. The summed E-state index contributed by atoms with van der Waals surface area (Å²) in [5.41, 5.74) is 2.02. The fourth-order valence-corrected chi connectivity index (χ4v) is 5.19. The quantitative estimate of drug-likeness (QED) is 0.221. The van der Waals surface area contributed by atoms with Gasteiger partial charge in [-0.05, 0) is 54.1 Å². The SMILES string of the molecule is N#Cc1cc(S(=O)(=O)Nc2ncns2)ccc1Oc1ccc(Cl)cc1-c1ccnc(CNCCC(=O)O)c1. The molecule has 0 amide bonds. The van der Waals surface area contributed by atoms with E-state index >= 15 is 0 Å². The smallest absolute Gasteiger partial charge is 0.304 e. The number of aliphatic carboxylic acids is 1. The Morgan fingerprint density at radius 1 is 1.13 bits per heavy atom. The molecule has 0 aliphatic rings. The average molecular weight is 571 g/mol. The van der Waals surface area contributed by atoms with E-state index in [4.69, 9.17) is 21.4 Å². The molecule has 38 heavy (non-hydrogen) atoms. The molecule has 11 nitrogen and oxygen atoms in total. The van der Waals surface area contributed by atoms with Crippen LogP contribution in [-0.4, -0.2) is 40.4 Å². The molecule has 4 aromatic rings. The van der Waals surface area contributed by atoms with Crippen LogP contribution in [0.2, 0.25) is 5.02 Å². The second-order valence-corrected chi connectivity index (χ2v) is 10.6. The summed E-state index contributed by atoms with van der Waals surface area (Å²) in [6, 6.07) is 14.5. The number of benzene rings is 2. The van der Waals surface area contributed by atoms with Crippen LogP contribution >= 0.6 is 23.1 Å². The second kappa shape index (κ2) is 12.0. The van der Waals surface area contributed by atoms with Gasteiger partial charge in [-0.3, -0.25) is 14.5 Å². The zero-order valence-corrected chi connectivity index (χ0v) is 21.8. The van der Waals surface area contributed by atoms with Crippen LogP contribution in [0, 0.1) is 11.3 Å². The predicted octanol–water partition coefficient (Wildman–Crippen LogP) is 4.28. The molecule has 2 heterocycles. The number of hydrogen-bond donors (Lipinski definition) is 3. The number of carboxylic acid groups (broad SMARTS) is 1. The van der Waals surface area contributed by atoms with Crippen molar-refractivity contribution in [1.29, 1.82) is 5.26 Å². The van der Waals surface area contributed by atoms with Gasteiger partial charge in [0.05, 0.1) is 22.6 Å². The third-order valence-electron chi connectivity index (χ3n) is 5.08. The molecule has 0 bridgehead atoms. The van der Waals surface area contributed by atoms with E-state index in [1.165, 1.54) is 24.5 Å². The first-order chi connectivity index (χ1) is 18.2. The number of nitriles is 1. The molecular formula is C24H19ClN6O5S2. The first-order valence-corrected chi connectivity index (χ1v) is 13.6. The van der Waals surface area contributed by atoms with Gasteiger partial charge in [0.25, 0.3) is 10.0 Å². The number of aromatic nitrogens is 3. The molecule has 0 radical (unpaired) electrons. The van der Waals surface area contributed by atoms with Crippen LogP contribution in [-0.2, 0) is 21.4 Å². The van der Waals surface area contributed by atoms with Gasteiger partial charge in [0.2, 0.25) is 5.13 Å². The van der Waals surface area contributed by atoms with Crippen LogP contribution in [0.15, 0.2) is 66.0 Å². The highest BCUT2D eigenvalue weighted by Gasteiger charge is 2.19. The van der Waals surface area contributed by atoms with Gasteiger partial charge in [0.1, 0.15) is 23.9 Å². The summed E-state index contributed by atoms with van der Waals surface area (Å²) in [4.78, 5) is 18.7. The number of halogens is 1. The summed E-state index contributed by atoms with van der Waals surface area (Å²) in [6.07, 6.45) is 2.83. The fourth-order valence-electron chi connectivity index (χ4n) is 3.33. The van der Waals surface area contributed by atoms with Crippen molar-refractivity contribution in [3.63, 3.8) is 0 Å². The van der Waals surface area contributed by atoms with Crippen molar-refractivity contribution >= 4 is 44.3 Å². The van der Waals surface area contributed by atoms with E-state index in [0.717, 1.165) is 17.1 Å². The van der Waals surface area contributed by atoms with Gasteiger partial charge in [0.15, 0.2) is 0 Å².